The number of allylic oxidation sites excluding steroid dienone is 4. The second-order valence-electron chi connectivity index (χ2n) is 34.5. The molecule has 2 unspecified atom stereocenters. The van der Waals surface area contributed by atoms with E-state index in [9.17, 15) is 19.8 Å². The minimum Gasteiger partial charge on any atom is -0.512 e. The fourth-order valence-corrected chi connectivity index (χ4v) is 15.0. The molecule has 2 atom stereocenters. The normalized spacial score (nSPS) is 12.5. The van der Waals surface area contributed by atoms with Gasteiger partial charge in [-0.3, -0.25) is 9.59 Å². The molecule has 8 heterocycles. The molecule has 734 valence electrons. The van der Waals surface area contributed by atoms with Crippen molar-refractivity contribution in [2.24, 2.45) is 23.7 Å². The summed E-state index contributed by atoms with van der Waals surface area (Å²) in [5.41, 5.74) is 23.9. The molecule has 0 saturated heterocycles. The molecule has 4 radical (unpaired) electrons. The second kappa shape index (κ2) is 59.2. The van der Waals surface area contributed by atoms with E-state index in [0.717, 1.165) is 134 Å². The number of hydrogen-bond acceptors (Lipinski definition) is 12. The summed E-state index contributed by atoms with van der Waals surface area (Å²) in [7, 11) is 0. The van der Waals surface area contributed by atoms with Crippen molar-refractivity contribution >= 4 is 55.2 Å². The Kier molecular flexibility index (Phi) is 43.4. The summed E-state index contributed by atoms with van der Waals surface area (Å²) >= 11 is 0. The quantitative estimate of drug-likeness (QED) is 0.0396. The number of pyridine rings is 7. The van der Waals surface area contributed by atoms with Crippen LogP contribution in [-0.4, -0.2) is 56.7 Å². The third kappa shape index (κ3) is 34.1. The minimum atomic E-state index is -2.50. The maximum absolute atomic E-state index is 11.7. The van der Waals surface area contributed by atoms with E-state index < -0.39 is 20.6 Å². The van der Waals surface area contributed by atoms with Crippen LogP contribution in [0.5, 0.6) is 0 Å². The first-order chi connectivity index (χ1) is 69.1. The van der Waals surface area contributed by atoms with Crippen LogP contribution in [0.2, 0.25) is 0 Å². The Morgan fingerprint density at radius 2 is 0.893 bits per heavy atom. The fraction of sp³-hybridized carbons (Fsp3) is 0.266. The maximum atomic E-state index is 11.7. The Hall–Kier alpha value is -11.6. The molecule has 9 aromatic carbocycles. The van der Waals surface area contributed by atoms with Crippen molar-refractivity contribution in [1.82, 2.24) is 34.9 Å². The van der Waals surface area contributed by atoms with Crippen LogP contribution in [0.3, 0.4) is 0 Å². The molecule has 16 heteroatoms. The Morgan fingerprint density at radius 3 is 1.36 bits per heavy atom. The first kappa shape index (κ1) is 103. The Morgan fingerprint density at radius 1 is 0.386 bits per heavy atom. The number of furan rings is 1. The number of fused-ring (bicyclic) bond motifs is 5. The van der Waals surface area contributed by atoms with E-state index >= 15 is 0 Å². The number of benzene rings is 9. The predicted octanol–water partition coefficient (Wildman–Crippen LogP) is 32.5. The summed E-state index contributed by atoms with van der Waals surface area (Å²) in [4.78, 5) is 53.9. The molecular weight excluding hydrogens is 2440 g/mol. The number of aryl methyl sites for hydroxylation is 9. The maximum Gasteiger partial charge on any atom is 0.216 e. The van der Waals surface area contributed by atoms with Crippen molar-refractivity contribution in [2.45, 2.75) is 196 Å². The molecule has 0 aliphatic heterocycles. The average molecular weight is 2580 g/mol. The minimum absolute atomic E-state index is 0. The van der Waals surface area contributed by atoms with Crippen LogP contribution in [0.4, 0.5) is 0 Å². The Labute approximate surface area is 899 Å². The van der Waals surface area contributed by atoms with Crippen molar-refractivity contribution in [1.29, 1.82) is 0 Å². The number of hydrogen-bond donors (Lipinski definition) is 2. The van der Waals surface area contributed by atoms with Gasteiger partial charge in [-0.2, -0.15) is 0 Å². The van der Waals surface area contributed by atoms with E-state index in [1.54, 1.807) is 48.7 Å². The molecule has 140 heavy (non-hydrogen) atoms. The zero-order valence-corrected chi connectivity index (χ0v) is 92.6. The van der Waals surface area contributed by atoms with Crippen molar-refractivity contribution < 1.29 is 117 Å². The first-order valence-corrected chi connectivity index (χ1v) is 46.9. The van der Waals surface area contributed by atoms with E-state index in [4.69, 9.17) is 16.8 Å². The van der Waals surface area contributed by atoms with Crippen LogP contribution in [-0.2, 0) is 90.0 Å². The number of carbonyl (C=O) groups excluding carboxylic acids is 2. The van der Waals surface area contributed by atoms with Crippen molar-refractivity contribution in [2.75, 3.05) is 0 Å². The van der Waals surface area contributed by atoms with Crippen molar-refractivity contribution in [3.63, 3.8) is 0 Å². The number of carbonyl (C=O) groups is 2. The molecule has 8 aromatic heterocycles. The summed E-state index contributed by atoms with van der Waals surface area (Å²) < 4.78 is 72.3. The Balaban J connectivity index is 0.000000260. The van der Waals surface area contributed by atoms with Gasteiger partial charge in [0.15, 0.2) is 11.6 Å². The van der Waals surface area contributed by atoms with Crippen LogP contribution in [0.15, 0.2) is 308 Å². The molecule has 0 amide bonds. The largest absolute Gasteiger partial charge is 0.512 e. The SMILES string of the molecule is CCC(C)C(=O)C=C(O)C(C)CC.CCC(CC)C(=O)C=C(O)C(CC)CC.Cc1[c-]c(-c2nccc3ccc(C(C)C)cc23)cc(C)c1.Cc1[c-]c(-c2nccc3ccc(C(C)C)cc23)cc(C)c1.Cc1cc(-c2[c-]cccc2)ncc1-c1ccccc1.Cc1ccc2c(n1)oc1c(-c3ccccn3)[c-]ccc12.[2H]C([2H])([2H])c1ccc(-c2[c-]cccc2)nc1.[2H]C([2H])([2H])c1cnc(-c2[c-]cccc2)cc1C([2H])([2H])[2H].[Ir].[Ir].[Ir].[Ir]. The number of aliphatic hydroxyl groups is 2. The smallest absolute Gasteiger partial charge is 0.216 e. The number of ketones is 2. The summed E-state index contributed by atoms with van der Waals surface area (Å²) in [6, 6.07) is 98.6. The number of rotatable bonds is 21. The van der Waals surface area contributed by atoms with Gasteiger partial charge in [-0.05, 0) is 204 Å². The summed E-state index contributed by atoms with van der Waals surface area (Å²) in [6.45, 7) is 30.1. The third-order valence-electron chi connectivity index (χ3n) is 23.5. The molecule has 0 spiro atoms. The van der Waals surface area contributed by atoms with Gasteiger partial charge in [0.2, 0.25) is 5.71 Å². The first-order valence-electron chi connectivity index (χ1n) is 51.4. The summed E-state index contributed by atoms with van der Waals surface area (Å²) in [5.74, 6) is 1.94. The van der Waals surface area contributed by atoms with Gasteiger partial charge < -0.3 is 44.5 Å². The predicted molar refractivity (Wildman–Crippen MR) is 566 cm³/mol. The number of aromatic nitrogens is 7. The van der Waals surface area contributed by atoms with Crippen LogP contribution in [0.25, 0.3) is 122 Å². The van der Waals surface area contributed by atoms with Crippen LogP contribution < -0.4 is 0 Å². The van der Waals surface area contributed by atoms with Crippen molar-refractivity contribution in [3.8, 4) is 78.7 Å². The molecule has 0 saturated carbocycles. The van der Waals surface area contributed by atoms with Crippen molar-refractivity contribution in [3.05, 3.63) is 401 Å². The molecule has 0 aliphatic rings. The van der Waals surface area contributed by atoms with Gasteiger partial charge in [-0.1, -0.05) is 230 Å². The topological polar surface area (TPSA) is 178 Å². The summed E-state index contributed by atoms with van der Waals surface area (Å²) in [6.07, 6.45) is 18.0. The van der Waals surface area contributed by atoms with Gasteiger partial charge >= 0.3 is 0 Å². The van der Waals surface area contributed by atoms with Crippen LogP contribution >= 0.6 is 0 Å². The molecule has 17 rings (SSSR count). The molecular formula is C124H131Ir4N7O5-6. The van der Waals surface area contributed by atoms with E-state index in [0.29, 0.717) is 28.8 Å². The summed E-state index contributed by atoms with van der Waals surface area (Å²) in [5, 5.41) is 26.2. The average Bonchev–Trinajstić information content (AvgIpc) is 1.59. The van der Waals surface area contributed by atoms with Gasteiger partial charge in [0.05, 0.1) is 17.1 Å². The standard InChI is InChI=1S/2C20H20N.C18H14N.C17H11N2O.C13H12N.C13H24O2.C12H10N.C11H20O2.4Ir/c2*1-13(2)17-6-5-16-7-8-21-20(19(16)12-17)18-10-14(3)9-15(4)11-18;1-14-12-18(16-10-6-3-7-11-16)19-13-17(14)15-8-4-2-5-9-15;1-11-8-9-13-12-5-4-6-14(15-7-2-3-10-18-15)16(12)20-17(13)19-11;1-10-8-13(14-9-11(10)2)12-6-4-3-5-7-12;1-5-10(6-2)12(14)9-13(15)11(7-3)8-4;1-10-7-8-12(13-9-10)11-5-3-2-4-6-11;1-5-8(3)10(12)7-11(13)9(4)6-2;;;;/h2*5-10,12-13H,1-4H3;2-10,12-13H,1H3;2-5,7-10H,1H3;3-6,8-9H,1-2H3;9-11,14H,5-8H2,1-4H3;2-5,7-9H,1H3;7-9,12H,5-6H2,1-4H3;;;;/q5*-1;;-1;;;;;/i;;;;1D3,2D3;;1D3;;;;;. The monoisotopic (exact) mass is 2580 g/mol. The van der Waals surface area contributed by atoms with E-state index in [1.165, 1.54) is 84.9 Å². The zero-order chi connectivity index (χ0) is 105. The van der Waals surface area contributed by atoms with E-state index in [-0.39, 0.29) is 144 Å². The van der Waals surface area contributed by atoms with Gasteiger partial charge in [-0.15, -0.1) is 196 Å². The van der Waals surface area contributed by atoms with Gasteiger partial charge in [0.25, 0.3) is 0 Å². The van der Waals surface area contributed by atoms with Crippen LogP contribution in [0.1, 0.15) is 207 Å². The van der Waals surface area contributed by atoms with E-state index in [2.05, 4.69) is 225 Å². The zero-order valence-electron chi connectivity index (χ0n) is 92.0. The second-order valence-corrected chi connectivity index (χ2v) is 34.5. The molecule has 12 nitrogen and oxygen atoms in total. The molecule has 0 fully saturated rings. The van der Waals surface area contributed by atoms with Crippen LogP contribution in [0, 0.1) is 122 Å². The Bertz CT molecular complexity index is 6990. The number of nitrogens with zero attached hydrogens (tertiary/aromatic N) is 7. The molecule has 17 aromatic rings. The molecule has 0 aliphatic carbocycles. The molecule has 0 bridgehead atoms. The number of aliphatic hydroxyl groups excluding tert-OH is 2. The van der Waals surface area contributed by atoms with Gasteiger partial charge in [0, 0.05) is 182 Å². The third-order valence-corrected chi connectivity index (χ3v) is 23.5. The fourth-order valence-electron chi connectivity index (χ4n) is 15.0. The van der Waals surface area contributed by atoms with E-state index in [1.807, 2.05) is 184 Å². The van der Waals surface area contributed by atoms with Gasteiger partial charge in [0.1, 0.15) is 0 Å². The van der Waals surface area contributed by atoms with Gasteiger partial charge in [-0.25, -0.2) is 4.98 Å². The molecule has 2 N–H and O–H groups in total.